The van der Waals surface area contributed by atoms with Crippen LogP contribution in [0.1, 0.15) is 28.8 Å². The number of rotatable bonds is 6. The molecule has 0 unspecified atom stereocenters. The summed E-state index contributed by atoms with van der Waals surface area (Å²) in [5.74, 6) is 0. The van der Waals surface area contributed by atoms with Crippen molar-refractivity contribution < 1.29 is 0 Å². The molecule has 11 aromatic rings. The number of aromatic nitrogens is 3. The number of aryl methyl sites for hydroxylation is 1. The van der Waals surface area contributed by atoms with Crippen molar-refractivity contribution in [3.05, 3.63) is 204 Å². The average Bonchev–Trinajstić information content (AvgIpc) is 3.94. The third kappa shape index (κ3) is 4.69. The van der Waals surface area contributed by atoms with Gasteiger partial charge in [-0.25, -0.2) is 0 Å². The monoisotopic (exact) mass is 755 g/mol. The fourth-order valence-electron chi connectivity index (χ4n) is 10.1. The highest BCUT2D eigenvalue weighted by Gasteiger charge is 2.22. The minimum absolute atomic E-state index is 0.0746. The lowest BCUT2D eigenvalue weighted by Gasteiger charge is -2.14. The zero-order valence-corrected chi connectivity index (χ0v) is 32.3. The van der Waals surface area contributed by atoms with Crippen molar-refractivity contribution in [3.8, 4) is 33.6 Å². The standard InChI is InChI=1S/C55H37N3O/c1-3-39-40(4-2)55(59)58-50-29-27-34(32-46(50)45-23-13-22-44(39)54(45)58)35-28-30-51-47(33-35)53-41(21-14-26-52(53)56(51)37-16-6-5-7-17-37)36-15-12-18-38(31-36)57-48-24-10-8-19-42(48)43-20-9-11-25-49(43)57/h3-8,10-19,21-33H,1-2,9,20H2. The Labute approximate surface area is 340 Å². The summed E-state index contributed by atoms with van der Waals surface area (Å²) in [6, 6.07) is 54.8. The highest BCUT2D eigenvalue weighted by molar-refractivity contribution is 6.18. The number of hydrogen-bond acceptors (Lipinski definition) is 1. The minimum Gasteiger partial charge on any atom is -0.310 e. The van der Waals surface area contributed by atoms with Crippen molar-refractivity contribution >= 4 is 78.1 Å². The van der Waals surface area contributed by atoms with Crippen molar-refractivity contribution in [1.29, 1.82) is 0 Å². The van der Waals surface area contributed by atoms with Crippen LogP contribution in [-0.2, 0) is 6.42 Å². The van der Waals surface area contributed by atoms with Crippen LogP contribution in [0.4, 0.5) is 0 Å². The number of para-hydroxylation sites is 3. The average molecular weight is 756 g/mol. The molecule has 0 bridgehead atoms. The molecule has 0 spiro atoms. The van der Waals surface area contributed by atoms with E-state index in [2.05, 4.69) is 186 Å². The van der Waals surface area contributed by atoms with Crippen LogP contribution in [0.2, 0.25) is 0 Å². The van der Waals surface area contributed by atoms with Crippen LogP contribution in [0, 0.1) is 0 Å². The van der Waals surface area contributed by atoms with Crippen molar-refractivity contribution in [1.82, 2.24) is 13.5 Å². The molecule has 0 saturated carbocycles. The largest absolute Gasteiger partial charge is 0.310 e. The Morgan fingerprint density at radius 2 is 1.19 bits per heavy atom. The fraction of sp³-hybridized carbons (Fsp3) is 0.0364. The normalized spacial score (nSPS) is 12.7. The molecule has 0 fully saturated rings. The van der Waals surface area contributed by atoms with Gasteiger partial charge >= 0.3 is 0 Å². The lowest BCUT2D eigenvalue weighted by atomic mass is 9.96. The second-order valence-corrected chi connectivity index (χ2v) is 15.6. The van der Waals surface area contributed by atoms with E-state index in [0.717, 1.165) is 79.1 Å². The third-order valence-electron chi connectivity index (χ3n) is 12.6. The van der Waals surface area contributed by atoms with E-state index in [0.29, 0.717) is 5.56 Å². The lowest BCUT2D eigenvalue weighted by molar-refractivity contribution is 0.968. The molecule has 0 N–H and O–H groups in total. The molecule has 59 heavy (non-hydrogen) atoms. The fourth-order valence-corrected chi connectivity index (χ4v) is 10.1. The van der Waals surface area contributed by atoms with Gasteiger partial charge in [-0.1, -0.05) is 122 Å². The first-order chi connectivity index (χ1) is 29.1. The van der Waals surface area contributed by atoms with Gasteiger partial charge in [0.1, 0.15) is 0 Å². The Morgan fingerprint density at radius 1 is 0.508 bits per heavy atom. The van der Waals surface area contributed by atoms with E-state index in [1.807, 2.05) is 4.40 Å². The zero-order chi connectivity index (χ0) is 39.4. The maximum atomic E-state index is 14.0. The SMILES string of the molecule is C=Cc1c(C=C)c2cccc3c4cc(-c5ccc6c(c5)c5c(-c7cccc(-n8c9c(c%10ccccc%108)CCC=C9)c7)cccc5n6-c5ccccc5)ccc4n(c1=O)c23. The second-order valence-electron chi connectivity index (χ2n) is 15.6. The quantitative estimate of drug-likeness (QED) is 0.166. The molecular formula is C55H37N3O. The molecule has 0 amide bonds. The molecule has 0 saturated heterocycles. The summed E-state index contributed by atoms with van der Waals surface area (Å²) in [5, 5.41) is 6.82. The van der Waals surface area contributed by atoms with Gasteiger partial charge in [-0.3, -0.25) is 9.20 Å². The van der Waals surface area contributed by atoms with Crippen molar-refractivity contribution in [2.24, 2.45) is 0 Å². The van der Waals surface area contributed by atoms with Crippen LogP contribution in [0.15, 0.2) is 176 Å². The van der Waals surface area contributed by atoms with Gasteiger partial charge in [-0.2, -0.15) is 0 Å². The maximum Gasteiger partial charge on any atom is 0.263 e. The van der Waals surface area contributed by atoms with Crippen LogP contribution in [0.3, 0.4) is 0 Å². The van der Waals surface area contributed by atoms with Crippen LogP contribution < -0.4 is 5.56 Å². The van der Waals surface area contributed by atoms with Crippen LogP contribution in [0.5, 0.6) is 0 Å². The zero-order valence-electron chi connectivity index (χ0n) is 32.3. The van der Waals surface area contributed by atoms with Gasteiger partial charge in [0.15, 0.2) is 0 Å². The van der Waals surface area contributed by atoms with Gasteiger partial charge in [0.25, 0.3) is 5.56 Å². The van der Waals surface area contributed by atoms with Gasteiger partial charge in [-0.15, -0.1) is 0 Å². The van der Waals surface area contributed by atoms with E-state index < -0.39 is 0 Å². The maximum absolute atomic E-state index is 14.0. The number of benzene rings is 7. The van der Waals surface area contributed by atoms with Crippen molar-refractivity contribution in [3.63, 3.8) is 0 Å². The predicted octanol–water partition coefficient (Wildman–Crippen LogP) is 13.7. The van der Waals surface area contributed by atoms with Crippen LogP contribution in [0.25, 0.3) is 112 Å². The molecule has 7 aromatic carbocycles. The molecule has 0 aliphatic heterocycles. The summed E-state index contributed by atoms with van der Waals surface area (Å²) in [7, 11) is 0. The van der Waals surface area contributed by atoms with E-state index in [1.54, 1.807) is 12.2 Å². The van der Waals surface area contributed by atoms with Gasteiger partial charge in [0, 0.05) is 54.9 Å². The second kappa shape index (κ2) is 12.7. The number of fused-ring (bicyclic) bond motifs is 9. The Hall–Kier alpha value is -7.69. The number of pyridine rings is 1. The van der Waals surface area contributed by atoms with Gasteiger partial charge in [-0.05, 0) is 113 Å². The van der Waals surface area contributed by atoms with Gasteiger partial charge in [0.2, 0.25) is 0 Å². The number of nitrogens with zero attached hydrogens (tertiary/aromatic N) is 3. The lowest BCUT2D eigenvalue weighted by Crippen LogP contribution is -2.17. The van der Waals surface area contributed by atoms with E-state index in [4.69, 9.17) is 0 Å². The molecule has 4 heteroatoms. The molecule has 4 heterocycles. The Morgan fingerprint density at radius 3 is 2.03 bits per heavy atom. The summed E-state index contributed by atoms with van der Waals surface area (Å²) in [6.07, 6.45) is 10.1. The molecule has 278 valence electrons. The highest BCUT2D eigenvalue weighted by atomic mass is 16.1. The smallest absolute Gasteiger partial charge is 0.263 e. The van der Waals surface area contributed by atoms with Crippen LogP contribution in [-0.4, -0.2) is 13.5 Å². The van der Waals surface area contributed by atoms with E-state index in [-0.39, 0.29) is 5.56 Å². The van der Waals surface area contributed by atoms with Crippen LogP contribution >= 0.6 is 0 Å². The number of hydrogen-bond donors (Lipinski definition) is 0. The molecule has 4 aromatic heterocycles. The summed E-state index contributed by atoms with van der Waals surface area (Å²) in [4.78, 5) is 14.0. The topological polar surface area (TPSA) is 31.3 Å². The summed E-state index contributed by atoms with van der Waals surface area (Å²) < 4.78 is 6.68. The van der Waals surface area contributed by atoms with Gasteiger partial charge < -0.3 is 9.13 Å². The summed E-state index contributed by atoms with van der Waals surface area (Å²) in [6.45, 7) is 8.03. The predicted molar refractivity (Wildman–Crippen MR) is 249 cm³/mol. The Balaban J connectivity index is 1.09. The van der Waals surface area contributed by atoms with Gasteiger partial charge in [0.05, 0.1) is 27.6 Å². The first-order valence-corrected chi connectivity index (χ1v) is 20.3. The van der Waals surface area contributed by atoms with Crippen molar-refractivity contribution in [2.75, 3.05) is 0 Å². The minimum atomic E-state index is -0.0746. The Kier molecular flexibility index (Phi) is 7.18. The molecule has 0 radical (unpaired) electrons. The van der Waals surface area contributed by atoms with E-state index in [1.165, 1.54) is 44.1 Å². The highest BCUT2D eigenvalue weighted by Crippen LogP contribution is 2.43. The van der Waals surface area contributed by atoms with Crippen molar-refractivity contribution in [2.45, 2.75) is 12.8 Å². The Bertz CT molecular complexity index is 3670. The van der Waals surface area contributed by atoms with E-state index in [9.17, 15) is 4.79 Å². The molecule has 4 nitrogen and oxygen atoms in total. The molecular weight excluding hydrogens is 719 g/mol. The number of allylic oxidation sites excluding steroid dienone is 1. The summed E-state index contributed by atoms with van der Waals surface area (Å²) in [5.41, 5.74) is 16.2. The molecule has 0 atom stereocenters. The third-order valence-corrected chi connectivity index (χ3v) is 12.6. The summed E-state index contributed by atoms with van der Waals surface area (Å²) >= 11 is 0. The molecule has 1 aliphatic carbocycles. The molecule has 1 aliphatic rings. The first kappa shape index (κ1) is 33.4. The van der Waals surface area contributed by atoms with E-state index >= 15 is 0 Å². The first-order valence-electron chi connectivity index (χ1n) is 20.3. The molecule has 12 rings (SSSR count).